The van der Waals surface area contributed by atoms with Crippen LogP contribution in [0.2, 0.25) is 0 Å². The number of carboxylic acid groups (broad SMARTS) is 1. The van der Waals surface area contributed by atoms with Gasteiger partial charge in [0.1, 0.15) is 5.82 Å². The molecule has 0 atom stereocenters. The van der Waals surface area contributed by atoms with Gasteiger partial charge in [-0.2, -0.15) is 0 Å². The fraction of sp³-hybridized carbons (Fsp3) is 0.200. The first-order valence-electron chi connectivity index (χ1n) is 6.22. The molecule has 0 saturated carbocycles. The maximum Gasteiger partial charge on any atom is 0.337 e. The zero-order valence-electron chi connectivity index (χ0n) is 11.1. The van der Waals surface area contributed by atoms with E-state index in [0.29, 0.717) is 18.7 Å². The zero-order chi connectivity index (χ0) is 14.5. The summed E-state index contributed by atoms with van der Waals surface area (Å²) < 4.78 is 13.1. The third-order valence-corrected chi connectivity index (χ3v) is 3.03. The fourth-order valence-corrected chi connectivity index (χ4v) is 1.96. The molecule has 104 valence electrons. The summed E-state index contributed by atoms with van der Waals surface area (Å²) in [6, 6.07) is 9.44. The summed E-state index contributed by atoms with van der Waals surface area (Å²) in [5.74, 6) is -1.69. The quantitative estimate of drug-likeness (QED) is 0.910. The van der Waals surface area contributed by atoms with Crippen LogP contribution in [0.3, 0.4) is 0 Å². The van der Waals surface area contributed by atoms with Crippen LogP contribution in [0.5, 0.6) is 0 Å². The van der Waals surface area contributed by atoms with E-state index >= 15 is 0 Å². The number of benzene rings is 1. The van der Waals surface area contributed by atoms with Crippen molar-refractivity contribution < 1.29 is 14.3 Å². The first kappa shape index (κ1) is 14.0. The highest BCUT2D eigenvalue weighted by Crippen LogP contribution is 2.21. The van der Waals surface area contributed by atoms with E-state index in [1.165, 1.54) is 12.1 Å². The van der Waals surface area contributed by atoms with Gasteiger partial charge in [-0.3, -0.25) is 4.98 Å². The molecule has 0 radical (unpaired) electrons. The molecule has 2 rings (SSSR count). The lowest BCUT2D eigenvalue weighted by Gasteiger charge is -2.21. The zero-order valence-corrected chi connectivity index (χ0v) is 11.1. The Balaban J connectivity index is 2.13. The molecule has 0 amide bonds. The van der Waals surface area contributed by atoms with E-state index in [1.54, 1.807) is 18.1 Å². The van der Waals surface area contributed by atoms with Crippen LogP contribution >= 0.6 is 0 Å². The first-order valence-corrected chi connectivity index (χ1v) is 6.22. The molecule has 4 nitrogen and oxygen atoms in total. The minimum Gasteiger partial charge on any atom is -0.478 e. The number of carboxylic acids is 1. The van der Waals surface area contributed by atoms with Crippen LogP contribution in [0.1, 0.15) is 16.1 Å². The molecular weight excluding hydrogens is 259 g/mol. The average Bonchev–Trinajstić information content (AvgIpc) is 2.45. The van der Waals surface area contributed by atoms with Crippen LogP contribution in [-0.4, -0.2) is 29.7 Å². The Kier molecular flexibility index (Phi) is 4.30. The lowest BCUT2D eigenvalue weighted by atomic mass is 10.1. The molecule has 5 heteroatoms. The maximum atomic E-state index is 13.1. The molecule has 20 heavy (non-hydrogen) atoms. The van der Waals surface area contributed by atoms with E-state index in [-0.39, 0.29) is 5.56 Å². The van der Waals surface area contributed by atoms with Crippen LogP contribution in [0.4, 0.5) is 10.1 Å². The van der Waals surface area contributed by atoms with Gasteiger partial charge < -0.3 is 10.0 Å². The highest BCUT2D eigenvalue weighted by Gasteiger charge is 2.14. The summed E-state index contributed by atoms with van der Waals surface area (Å²) in [6.07, 6.45) is 2.41. The molecule has 0 fully saturated rings. The van der Waals surface area contributed by atoms with Gasteiger partial charge in [-0.1, -0.05) is 6.07 Å². The summed E-state index contributed by atoms with van der Waals surface area (Å²) in [5, 5.41) is 9.12. The molecule has 1 aromatic carbocycles. The van der Waals surface area contributed by atoms with E-state index < -0.39 is 11.8 Å². The first-order chi connectivity index (χ1) is 9.58. The molecule has 0 aliphatic rings. The molecule has 1 N–H and O–H groups in total. The largest absolute Gasteiger partial charge is 0.478 e. The lowest BCUT2D eigenvalue weighted by molar-refractivity contribution is 0.0697. The number of rotatable bonds is 5. The van der Waals surface area contributed by atoms with Crippen molar-refractivity contribution in [3.05, 3.63) is 59.7 Å². The predicted molar refractivity (Wildman–Crippen MR) is 74.6 cm³/mol. The highest BCUT2D eigenvalue weighted by molar-refractivity contribution is 5.94. The summed E-state index contributed by atoms with van der Waals surface area (Å²) in [4.78, 5) is 17.1. The van der Waals surface area contributed by atoms with Crippen LogP contribution in [0.15, 0.2) is 42.6 Å². The van der Waals surface area contributed by atoms with Gasteiger partial charge in [-0.25, -0.2) is 9.18 Å². The van der Waals surface area contributed by atoms with E-state index in [4.69, 9.17) is 5.11 Å². The number of halogens is 1. The molecule has 0 spiro atoms. The van der Waals surface area contributed by atoms with E-state index in [1.807, 2.05) is 18.2 Å². The third-order valence-electron chi connectivity index (χ3n) is 3.03. The molecular formula is C15H15FN2O2. The minimum atomic E-state index is -1.14. The van der Waals surface area contributed by atoms with Crippen LogP contribution in [0, 0.1) is 5.82 Å². The lowest BCUT2D eigenvalue weighted by Crippen LogP contribution is -2.23. The summed E-state index contributed by atoms with van der Waals surface area (Å²) in [5.41, 5.74) is 1.39. The number of anilines is 1. The van der Waals surface area contributed by atoms with Crippen molar-refractivity contribution in [2.45, 2.75) is 6.42 Å². The molecule has 1 aromatic heterocycles. The average molecular weight is 274 g/mol. The van der Waals surface area contributed by atoms with Gasteiger partial charge in [0.05, 0.1) is 11.3 Å². The Morgan fingerprint density at radius 1 is 1.35 bits per heavy atom. The SMILES string of the molecule is CN(CCc1ccccn1)c1ccc(F)cc1C(=O)O. The minimum absolute atomic E-state index is 0.0338. The summed E-state index contributed by atoms with van der Waals surface area (Å²) in [7, 11) is 1.78. The third kappa shape index (κ3) is 3.32. The fourth-order valence-electron chi connectivity index (χ4n) is 1.96. The molecule has 0 unspecified atom stereocenters. The van der Waals surface area contributed by atoms with Crippen molar-refractivity contribution in [1.29, 1.82) is 0 Å². The molecule has 2 aromatic rings. The summed E-state index contributed by atoms with van der Waals surface area (Å²) >= 11 is 0. The number of pyridine rings is 1. The van der Waals surface area contributed by atoms with E-state index in [9.17, 15) is 9.18 Å². The Morgan fingerprint density at radius 2 is 2.15 bits per heavy atom. The topological polar surface area (TPSA) is 53.4 Å². The van der Waals surface area contributed by atoms with Gasteiger partial charge in [0, 0.05) is 31.9 Å². The van der Waals surface area contributed by atoms with Gasteiger partial charge in [0.15, 0.2) is 0 Å². The Labute approximate surface area is 116 Å². The normalized spacial score (nSPS) is 10.3. The van der Waals surface area contributed by atoms with Gasteiger partial charge in [-0.15, -0.1) is 0 Å². The smallest absolute Gasteiger partial charge is 0.337 e. The number of carbonyl (C=O) groups is 1. The van der Waals surface area contributed by atoms with E-state index in [0.717, 1.165) is 11.8 Å². The second kappa shape index (κ2) is 6.14. The monoisotopic (exact) mass is 274 g/mol. The van der Waals surface area contributed by atoms with Crippen LogP contribution in [-0.2, 0) is 6.42 Å². The number of aromatic nitrogens is 1. The second-order valence-corrected chi connectivity index (χ2v) is 4.46. The van der Waals surface area contributed by atoms with Gasteiger partial charge in [0.25, 0.3) is 0 Å². The van der Waals surface area contributed by atoms with Crippen LogP contribution in [0.25, 0.3) is 0 Å². The second-order valence-electron chi connectivity index (χ2n) is 4.46. The van der Waals surface area contributed by atoms with Crippen molar-refractivity contribution in [1.82, 2.24) is 4.98 Å². The van der Waals surface area contributed by atoms with Crippen LogP contribution < -0.4 is 4.90 Å². The summed E-state index contributed by atoms with van der Waals surface area (Å²) in [6.45, 7) is 0.600. The molecule has 0 aliphatic heterocycles. The van der Waals surface area contributed by atoms with Crippen molar-refractivity contribution in [3.8, 4) is 0 Å². The molecule has 0 saturated heterocycles. The Morgan fingerprint density at radius 3 is 2.80 bits per heavy atom. The predicted octanol–water partition coefficient (Wildman–Crippen LogP) is 2.60. The number of aromatic carboxylic acids is 1. The Hall–Kier alpha value is -2.43. The van der Waals surface area contributed by atoms with Crippen molar-refractivity contribution >= 4 is 11.7 Å². The molecule has 0 aliphatic carbocycles. The van der Waals surface area contributed by atoms with E-state index in [2.05, 4.69) is 4.98 Å². The Bertz CT molecular complexity index is 602. The standard InChI is InChI=1S/C15H15FN2O2/c1-18(9-7-12-4-2-3-8-17-12)14-6-5-11(16)10-13(14)15(19)20/h2-6,8,10H,7,9H2,1H3,(H,19,20). The number of hydrogen-bond donors (Lipinski definition) is 1. The number of hydrogen-bond acceptors (Lipinski definition) is 3. The van der Waals surface area contributed by atoms with Gasteiger partial charge in [-0.05, 0) is 30.3 Å². The number of nitrogens with zero attached hydrogens (tertiary/aromatic N) is 2. The molecule has 0 bridgehead atoms. The van der Waals surface area contributed by atoms with Crippen molar-refractivity contribution in [2.75, 3.05) is 18.5 Å². The van der Waals surface area contributed by atoms with Crippen molar-refractivity contribution in [3.63, 3.8) is 0 Å². The van der Waals surface area contributed by atoms with Gasteiger partial charge in [0.2, 0.25) is 0 Å². The van der Waals surface area contributed by atoms with Crippen molar-refractivity contribution in [2.24, 2.45) is 0 Å². The number of likely N-dealkylation sites (N-methyl/N-ethyl adjacent to an activating group) is 1. The highest BCUT2D eigenvalue weighted by atomic mass is 19.1. The van der Waals surface area contributed by atoms with Gasteiger partial charge >= 0.3 is 5.97 Å². The molecule has 1 heterocycles. The maximum absolute atomic E-state index is 13.1.